The average molecular weight is 184 g/mol. The van der Waals surface area contributed by atoms with Gasteiger partial charge >= 0.3 is 0 Å². The summed E-state index contributed by atoms with van der Waals surface area (Å²) < 4.78 is 5.80. The zero-order valence-electron chi connectivity index (χ0n) is 9.38. The number of ether oxygens (including phenoxy) is 1. The molecule has 0 bridgehead atoms. The highest BCUT2D eigenvalue weighted by Crippen LogP contribution is 2.13. The van der Waals surface area contributed by atoms with Gasteiger partial charge in [-0.2, -0.15) is 0 Å². The van der Waals surface area contributed by atoms with E-state index in [0.717, 1.165) is 19.4 Å². The molecule has 0 aromatic heterocycles. The van der Waals surface area contributed by atoms with Gasteiger partial charge in [0.1, 0.15) is 0 Å². The predicted molar refractivity (Wildman–Crippen MR) is 58.9 cm³/mol. The standard InChI is InChI=1S/C12H24O/c1-5-7-9-12(11(3)4)13-10-8-6-2/h5,11-12H,1,6-10H2,2-4H3. The van der Waals surface area contributed by atoms with E-state index in [4.69, 9.17) is 4.74 Å². The van der Waals surface area contributed by atoms with Gasteiger partial charge in [-0.1, -0.05) is 33.3 Å². The first kappa shape index (κ1) is 12.7. The predicted octanol–water partition coefficient (Wildman–Crippen LogP) is 3.79. The van der Waals surface area contributed by atoms with Crippen LogP contribution in [0.2, 0.25) is 0 Å². The van der Waals surface area contributed by atoms with Crippen LogP contribution in [0.1, 0.15) is 46.5 Å². The first-order valence-electron chi connectivity index (χ1n) is 5.44. The minimum atomic E-state index is 0.421. The Labute approximate surface area is 83.2 Å². The Morgan fingerprint density at radius 1 is 1.38 bits per heavy atom. The van der Waals surface area contributed by atoms with Gasteiger partial charge in [-0.25, -0.2) is 0 Å². The summed E-state index contributed by atoms with van der Waals surface area (Å²) in [7, 11) is 0. The van der Waals surface area contributed by atoms with Crippen molar-refractivity contribution in [2.75, 3.05) is 6.61 Å². The van der Waals surface area contributed by atoms with E-state index in [1.54, 1.807) is 0 Å². The third kappa shape index (κ3) is 6.83. The summed E-state index contributed by atoms with van der Waals surface area (Å²) in [5.41, 5.74) is 0. The molecule has 13 heavy (non-hydrogen) atoms. The van der Waals surface area contributed by atoms with Crippen molar-refractivity contribution in [3.8, 4) is 0 Å². The van der Waals surface area contributed by atoms with Gasteiger partial charge in [0.2, 0.25) is 0 Å². The van der Waals surface area contributed by atoms with Crippen molar-refractivity contribution in [2.45, 2.75) is 52.6 Å². The maximum Gasteiger partial charge on any atom is 0.0600 e. The number of hydrogen-bond donors (Lipinski definition) is 0. The number of rotatable bonds is 8. The molecule has 1 atom stereocenters. The molecule has 1 heteroatoms. The smallest absolute Gasteiger partial charge is 0.0600 e. The molecule has 1 nitrogen and oxygen atoms in total. The molecular formula is C12H24O. The minimum absolute atomic E-state index is 0.421. The molecule has 0 aromatic rings. The molecule has 0 radical (unpaired) electrons. The van der Waals surface area contributed by atoms with E-state index < -0.39 is 0 Å². The van der Waals surface area contributed by atoms with Crippen molar-refractivity contribution < 1.29 is 4.74 Å². The fourth-order valence-electron chi connectivity index (χ4n) is 1.27. The van der Waals surface area contributed by atoms with Crippen LogP contribution in [0.15, 0.2) is 12.7 Å². The lowest BCUT2D eigenvalue weighted by atomic mass is 10.0. The zero-order chi connectivity index (χ0) is 10.1. The van der Waals surface area contributed by atoms with Crippen LogP contribution in [-0.2, 0) is 4.74 Å². The summed E-state index contributed by atoms with van der Waals surface area (Å²) in [4.78, 5) is 0. The second-order valence-electron chi connectivity index (χ2n) is 3.87. The van der Waals surface area contributed by atoms with E-state index in [-0.39, 0.29) is 0 Å². The monoisotopic (exact) mass is 184 g/mol. The van der Waals surface area contributed by atoms with Crippen molar-refractivity contribution in [3.05, 3.63) is 12.7 Å². The molecule has 0 rings (SSSR count). The van der Waals surface area contributed by atoms with Gasteiger partial charge in [0.25, 0.3) is 0 Å². The largest absolute Gasteiger partial charge is 0.378 e. The highest BCUT2D eigenvalue weighted by atomic mass is 16.5. The highest BCUT2D eigenvalue weighted by Gasteiger charge is 2.11. The third-order valence-electron chi connectivity index (χ3n) is 2.23. The zero-order valence-corrected chi connectivity index (χ0v) is 9.38. The van der Waals surface area contributed by atoms with E-state index in [0.29, 0.717) is 12.0 Å². The van der Waals surface area contributed by atoms with Crippen LogP contribution in [0.5, 0.6) is 0 Å². The van der Waals surface area contributed by atoms with Gasteiger partial charge < -0.3 is 4.74 Å². The normalized spacial score (nSPS) is 13.2. The Balaban J connectivity index is 3.60. The Morgan fingerprint density at radius 2 is 2.08 bits per heavy atom. The van der Waals surface area contributed by atoms with Crippen LogP contribution in [0.4, 0.5) is 0 Å². The van der Waals surface area contributed by atoms with Gasteiger partial charge in [-0.05, 0) is 25.2 Å². The molecule has 0 fully saturated rings. The van der Waals surface area contributed by atoms with Crippen molar-refractivity contribution >= 4 is 0 Å². The quantitative estimate of drug-likeness (QED) is 0.412. The molecule has 78 valence electrons. The maximum absolute atomic E-state index is 5.80. The Hall–Kier alpha value is -0.300. The van der Waals surface area contributed by atoms with Gasteiger partial charge in [-0.3, -0.25) is 0 Å². The van der Waals surface area contributed by atoms with Crippen LogP contribution in [0, 0.1) is 5.92 Å². The van der Waals surface area contributed by atoms with E-state index in [1.807, 2.05) is 6.08 Å². The van der Waals surface area contributed by atoms with Crippen LogP contribution in [0.3, 0.4) is 0 Å². The lowest BCUT2D eigenvalue weighted by molar-refractivity contribution is 0.0160. The Morgan fingerprint density at radius 3 is 2.54 bits per heavy atom. The summed E-state index contributed by atoms with van der Waals surface area (Å²) in [5.74, 6) is 0.622. The van der Waals surface area contributed by atoms with Crippen molar-refractivity contribution in [2.24, 2.45) is 5.92 Å². The van der Waals surface area contributed by atoms with Gasteiger partial charge in [0.05, 0.1) is 6.10 Å². The molecule has 0 N–H and O–H groups in total. The van der Waals surface area contributed by atoms with Gasteiger partial charge in [-0.15, -0.1) is 6.58 Å². The maximum atomic E-state index is 5.80. The lowest BCUT2D eigenvalue weighted by Gasteiger charge is -2.20. The molecule has 0 amide bonds. The average Bonchev–Trinajstić information content (AvgIpc) is 2.10. The second kappa shape index (κ2) is 8.31. The van der Waals surface area contributed by atoms with Crippen LogP contribution in [-0.4, -0.2) is 12.7 Å². The van der Waals surface area contributed by atoms with Crippen LogP contribution < -0.4 is 0 Å². The molecule has 0 aromatic carbocycles. The van der Waals surface area contributed by atoms with Gasteiger partial charge in [0.15, 0.2) is 0 Å². The summed E-state index contributed by atoms with van der Waals surface area (Å²) in [5, 5.41) is 0. The molecule has 0 aliphatic rings. The van der Waals surface area contributed by atoms with Crippen LogP contribution >= 0.6 is 0 Å². The molecule has 0 saturated carbocycles. The van der Waals surface area contributed by atoms with E-state index in [2.05, 4.69) is 27.4 Å². The van der Waals surface area contributed by atoms with E-state index in [9.17, 15) is 0 Å². The molecule has 0 spiro atoms. The van der Waals surface area contributed by atoms with Gasteiger partial charge in [0, 0.05) is 6.61 Å². The number of allylic oxidation sites excluding steroid dienone is 1. The molecule has 0 heterocycles. The summed E-state index contributed by atoms with van der Waals surface area (Å²) in [6.07, 6.45) is 6.96. The van der Waals surface area contributed by atoms with E-state index in [1.165, 1.54) is 12.8 Å². The lowest BCUT2D eigenvalue weighted by Crippen LogP contribution is -2.20. The first-order chi connectivity index (χ1) is 6.22. The molecule has 0 aliphatic heterocycles. The highest BCUT2D eigenvalue weighted by molar-refractivity contribution is 4.71. The summed E-state index contributed by atoms with van der Waals surface area (Å²) in [6.45, 7) is 11.3. The Bertz CT molecular complexity index is 118. The number of hydrogen-bond acceptors (Lipinski definition) is 1. The molecular weight excluding hydrogens is 160 g/mol. The Kier molecular flexibility index (Phi) is 8.11. The van der Waals surface area contributed by atoms with Crippen molar-refractivity contribution in [1.82, 2.24) is 0 Å². The minimum Gasteiger partial charge on any atom is -0.378 e. The fraction of sp³-hybridized carbons (Fsp3) is 0.833. The molecule has 0 aliphatic carbocycles. The third-order valence-corrected chi connectivity index (χ3v) is 2.23. The van der Waals surface area contributed by atoms with E-state index >= 15 is 0 Å². The first-order valence-corrected chi connectivity index (χ1v) is 5.44. The summed E-state index contributed by atoms with van der Waals surface area (Å²) >= 11 is 0. The number of unbranched alkanes of at least 4 members (excludes halogenated alkanes) is 1. The second-order valence-corrected chi connectivity index (χ2v) is 3.87. The van der Waals surface area contributed by atoms with Crippen molar-refractivity contribution in [3.63, 3.8) is 0 Å². The SMILES string of the molecule is C=CCCC(OCCCC)C(C)C. The van der Waals surface area contributed by atoms with Crippen molar-refractivity contribution in [1.29, 1.82) is 0 Å². The fourth-order valence-corrected chi connectivity index (χ4v) is 1.27. The molecule has 0 saturated heterocycles. The topological polar surface area (TPSA) is 9.23 Å². The summed E-state index contributed by atoms with van der Waals surface area (Å²) in [6, 6.07) is 0. The van der Waals surface area contributed by atoms with Crippen LogP contribution in [0.25, 0.3) is 0 Å². The molecule has 1 unspecified atom stereocenters.